The van der Waals surface area contributed by atoms with Crippen molar-refractivity contribution in [3.63, 3.8) is 0 Å². The minimum atomic E-state index is -0.894. The van der Waals surface area contributed by atoms with E-state index in [2.05, 4.69) is 32.9 Å². The maximum Gasteiger partial charge on any atom is 0.0796 e. The molecule has 172 valence electrons. The van der Waals surface area contributed by atoms with Gasteiger partial charge in [-0.15, -0.1) is 24.0 Å². The normalized spacial score (nSPS) is 11.6. The molecule has 0 aromatic rings. The Bertz CT molecular complexity index is 245. The topological polar surface area (TPSA) is 12.0 Å². The first-order chi connectivity index (χ1) is 13.2. The second kappa shape index (κ2) is 24.4. The first-order valence-corrected chi connectivity index (χ1v) is 15.1. The third-order valence-corrected chi connectivity index (χ3v) is 10.8. The molecule has 28 heavy (non-hydrogen) atoms. The number of halogens is 1. The molecule has 0 bridgehead atoms. The summed E-state index contributed by atoms with van der Waals surface area (Å²) in [6.07, 6.45) is 30.5. The van der Waals surface area contributed by atoms with E-state index in [-0.39, 0.29) is 24.0 Å². The van der Waals surface area contributed by atoms with Gasteiger partial charge in [-0.3, -0.25) is 0 Å². The minimum Gasteiger partial charge on any atom is -0.195 e. The van der Waals surface area contributed by atoms with Crippen molar-refractivity contribution < 1.29 is 0 Å². The molecule has 0 fully saturated rings. The van der Waals surface area contributed by atoms with Gasteiger partial charge < -0.3 is 0 Å². The maximum absolute atomic E-state index is 3.93. The molecule has 0 radical (unpaired) electrons. The largest absolute Gasteiger partial charge is 0.195 e. The van der Waals surface area contributed by atoms with Crippen LogP contribution >= 0.6 is 31.4 Å². The minimum absolute atomic E-state index is 0. The number of rotatable bonds is 22. The van der Waals surface area contributed by atoms with E-state index in [1.807, 2.05) is 0 Å². The lowest BCUT2D eigenvalue weighted by atomic mass is 10.1. The van der Waals surface area contributed by atoms with E-state index < -0.39 is 7.41 Å². The molecule has 3 heteroatoms. The predicted octanol–water partition coefficient (Wildman–Crippen LogP) is 9.84. The van der Waals surface area contributed by atoms with Crippen LogP contribution in [0.2, 0.25) is 0 Å². The Labute approximate surface area is 197 Å². The first kappa shape index (κ1) is 31.3. The van der Waals surface area contributed by atoms with E-state index in [4.69, 9.17) is 0 Å². The van der Waals surface area contributed by atoms with Gasteiger partial charge in [0.2, 0.25) is 0 Å². The summed E-state index contributed by atoms with van der Waals surface area (Å²) in [5.74, 6) is 0. The van der Waals surface area contributed by atoms with E-state index in [1.54, 1.807) is 0 Å². The number of unbranched alkanes of at least 4 members (excludes halogenated alkanes) is 15. The number of nitrogens with one attached hydrogen (secondary N) is 1. The molecule has 0 atom stereocenters. The highest BCUT2D eigenvalue weighted by Gasteiger charge is 2.34. The molecule has 1 N–H and O–H groups in total. The molecule has 0 unspecified atom stereocenters. The van der Waals surface area contributed by atoms with Crippen molar-refractivity contribution in [2.75, 3.05) is 25.5 Å². The Balaban J connectivity index is 0. The second-order valence-electron chi connectivity index (χ2n) is 8.84. The highest BCUT2D eigenvalue weighted by Crippen LogP contribution is 2.56. The van der Waals surface area contributed by atoms with Crippen LogP contribution in [-0.2, 0) is 0 Å². The summed E-state index contributed by atoms with van der Waals surface area (Å²) in [6.45, 7) is 6.95. The molecule has 0 aliphatic rings. The molecule has 0 saturated heterocycles. The zero-order chi connectivity index (χ0) is 20.1. The van der Waals surface area contributed by atoms with Gasteiger partial charge in [-0.1, -0.05) is 97.8 Å². The van der Waals surface area contributed by atoms with E-state index in [1.165, 1.54) is 134 Å². The van der Waals surface area contributed by atoms with Crippen LogP contribution < -0.4 is 5.09 Å². The molecule has 0 aromatic carbocycles. The maximum atomic E-state index is 3.93. The average molecular weight is 529 g/mol. The van der Waals surface area contributed by atoms with Crippen LogP contribution in [0.1, 0.15) is 136 Å². The van der Waals surface area contributed by atoms with Crippen LogP contribution in [0, 0.1) is 0 Å². The molecule has 1 nitrogen and oxygen atoms in total. The first-order valence-electron chi connectivity index (χ1n) is 12.8. The molecule has 0 aromatic heterocycles. The van der Waals surface area contributed by atoms with Crippen LogP contribution in [0.3, 0.4) is 0 Å². The van der Waals surface area contributed by atoms with Crippen LogP contribution in [0.25, 0.3) is 0 Å². The molecular weight excluding hydrogens is 472 g/mol. The smallest absolute Gasteiger partial charge is 0.0796 e. The number of hydrogen-bond donors (Lipinski definition) is 1. The summed E-state index contributed by atoms with van der Waals surface area (Å²) < 4.78 is 0. The van der Waals surface area contributed by atoms with Gasteiger partial charge in [0.25, 0.3) is 0 Å². The summed E-state index contributed by atoms with van der Waals surface area (Å²) in [5.41, 5.74) is 0. The quantitative estimate of drug-likeness (QED) is 0.0838. The molecule has 0 aliphatic carbocycles. The molecule has 0 amide bonds. The standard InChI is InChI=1S/C25H55NP.HI/c1-5-8-11-14-17-20-23-27(26-4,24-21-18-15-12-9-6-2)25-22-19-16-13-10-7-3;/h26H,5-25H2,1-4H3;1H/q+1;. The Kier molecular flexibility index (Phi) is 27.3. The molecule has 0 saturated carbocycles. The van der Waals surface area contributed by atoms with Gasteiger partial charge in [-0.05, 0) is 38.5 Å². The van der Waals surface area contributed by atoms with Gasteiger partial charge in [-0.2, -0.15) is 5.09 Å². The van der Waals surface area contributed by atoms with Crippen molar-refractivity contribution in [3.8, 4) is 0 Å². The van der Waals surface area contributed by atoms with Crippen molar-refractivity contribution in [1.29, 1.82) is 0 Å². The van der Waals surface area contributed by atoms with Crippen molar-refractivity contribution in [1.82, 2.24) is 5.09 Å². The summed E-state index contributed by atoms with van der Waals surface area (Å²) in [5, 5.41) is 3.93. The molecule has 0 spiro atoms. The Morgan fingerprint density at radius 1 is 0.429 bits per heavy atom. The Morgan fingerprint density at radius 2 is 0.679 bits per heavy atom. The highest BCUT2D eigenvalue weighted by atomic mass is 127. The highest BCUT2D eigenvalue weighted by molar-refractivity contribution is 14.0. The lowest BCUT2D eigenvalue weighted by molar-refractivity contribution is 0.614. The van der Waals surface area contributed by atoms with Gasteiger partial charge >= 0.3 is 0 Å². The van der Waals surface area contributed by atoms with E-state index >= 15 is 0 Å². The summed E-state index contributed by atoms with van der Waals surface area (Å²) in [4.78, 5) is 0. The van der Waals surface area contributed by atoms with E-state index in [0.717, 1.165) is 0 Å². The number of hydrogen-bond acceptors (Lipinski definition) is 1. The molecule has 0 heterocycles. The van der Waals surface area contributed by atoms with E-state index in [0.29, 0.717) is 0 Å². The zero-order valence-electron chi connectivity index (χ0n) is 20.2. The van der Waals surface area contributed by atoms with Gasteiger partial charge in [0, 0.05) is 7.05 Å². The summed E-state index contributed by atoms with van der Waals surface area (Å²) >= 11 is 0. The molecular formula is C25H56INP+. The summed E-state index contributed by atoms with van der Waals surface area (Å²) in [6, 6.07) is 0. The SMILES string of the molecule is CCCCCCCC[P+](CCCCCCCC)(CCCCCCCC)NC.I. The van der Waals surface area contributed by atoms with Crippen LogP contribution in [0.15, 0.2) is 0 Å². The van der Waals surface area contributed by atoms with Gasteiger partial charge in [0.05, 0.1) is 25.9 Å². The predicted molar refractivity (Wildman–Crippen MR) is 146 cm³/mol. The monoisotopic (exact) mass is 528 g/mol. The molecule has 0 rings (SSSR count). The van der Waals surface area contributed by atoms with Gasteiger partial charge in [-0.25, -0.2) is 0 Å². The third kappa shape index (κ3) is 19.1. The van der Waals surface area contributed by atoms with Gasteiger partial charge in [0.15, 0.2) is 0 Å². The van der Waals surface area contributed by atoms with Gasteiger partial charge in [0.1, 0.15) is 0 Å². The lowest BCUT2D eigenvalue weighted by Crippen LogP contribution is -2.21. The van der Waals surface area contributed by atoms with Crippen molar-refractivity contribution in [3.05, 3.63) is 0 Å². The van der Waals surface area contributed by atoms with Crippen LogP contribution in [0.4, 0.5) is 0 Å². The Morgan fingerprint density at radius 3 is 0.929 bits per heavy atom. The third-order valence-electron chi connectivity index (χ3n) is 6.29. The molecule has 0 aliphatic heterocycles. The van der Waals surface area contributed by atoms with Crippen molar-refractivity contribution >= 4 is 31.4 Å². The second-order valence-corrected chi connectivity index (χ2v) is 12.9. The van der Waals surface area contributed by atoms with Crippen LogP contribution in [0.5, 0.6) is 0 Å². The lowest BCUT2D eigenvalue weighted by Gasteiger charge is -2.27. The zero-order valence-corrected chi connectivity index (χ0v) is 23.4. The Hall–Kier alpha value is 1.12. The van der Waals surface area contributed by atoms with Crippen molar-refractivity contribution in [2.24, 2.45) is 0 Å². The average Bonchev–Trinajstić information content (AvgIpc) is 2.69. The fraction of sp³-hybridized carbons (Fsp3) is 1.00. The van der Waals surface area contributed by atoms with Crippen LogP contribution in [-0.4, -0.2) is 25.5 Å². The fourth-order valence-corrected chi connectivity index (χ4v) is 8.08. The van der Waals surface area contributed by atoms with Crippen molar-refractivity contribution in [2.45, 2.75) is 136 Å². The summed E-state index contributed by atoms with van der Waals surface area (Å²) in [7, 11) is 1.40. The van der Waals surface area contributed by atoms with E-state index in [9.17, 15) is 0 Å². The fourth-order valence-electron chi connectivity index (χ4n) is 4.26.